The lowest BCUT2D eigenvalue weighted by Crippen LogP contribution is -2.29. The fraction of sp³-hybridized carbons (Fsp3) is 0.208. The molecule has 162 valence electrons. The molecule has 0 saturated carbocycles. The van der Waals surface area contributed by atoms with Crippen LogP contribution < -0.4 is 15.1 Å². The Bertz CT molecular complexity index is 1410. The monoisotopic (exact) mass is 450 g/mol. The van der Waals surface area contributed by atoms with Crippen molar-refractivity contribution in [3.05, 3.63) is 86.0 Å². The number of carbonyl (C=O) groups is 1. The van der Waals surface area contributed by atoms with Crippen LogP contribution in [0.1, 0.15) is 45.2 Å². The van der Waals surface area contributed by atoms with E-state index in [-0.39, 0.29) is 22.3 Å². The third-order valence-corrected chi connectivity index (χ3v) is 6.64. The first-order chi connectivity index (χ1) is 15.4. The SMILES string of the molecule is CCOc1ccc2c(=O)c3c(oc2c1)C(=O)N(c1nc(C)c(C)s1)C3c1ccc(F)cc1. The highest BCUT2D eigenvalue weighted by Crippen LogP contribution is 2.43. The van der Waals surface area contributed by atoms with Crippen LogP contribution in [0.25, 0.3) is 11.0 Å². The van der Waals surface area contributed by atoms with Gasteiger partial charge in [-0.05, 0) is 50.6 Å². The first-order valence-electron chi connectivity index (χ1n) is 10.2. The smallest absolute Gasteiger partial charge is 0.297 e. The molecule has 4 aromatic rings. The summed E-state index contributed by atoms with van der Waals surface area (Å²) in [5.74, 6) is -0.341. The van der Waals surface area contributed by atoms with Gasteiger partial charge in [0.15, 0.2) is 10.6 Å². The van der Waals surface area contributed by atoms with E-state index >= 15 is 0 Å². The van der Waals surface area contributed by atoms with Crippen molar-refractivity contribution in [2.75, 3.05) is 11.5 Å². The van der Waals surface area contributed by atoms with Crippen LogP contribution in [0.3, 0.4) is 0 Å². The Morgan fingerprint density at radius 3 is 2.56 bits per heavy atom. The molecule has 1 aliphatic rings. The van der Waals surface area contributed by atoms with Crippen molar-refractivity contribution in [1.29, 1.82) is 0 Å². The maximum absolute atomic E-state index is 13.6. The van der Waals surface area contributed by atoms with Gasteiger partial charge in [-0.1, -0.05) is 12.1 Å². The second-order valence-corrected chi connectivity index (χ2v) is 8.71. The number of anilines is 1. The standard InChI is InChI=1S/C24H19FN2O4S/c1-4-30-16-9-10-17-18(11-16)31-22-19(21(17)28)20(14-5-7-15(25)8-6-14)27(23(22)29)24-26-12(2)13(3)32-24/h5-11,20H,4H2,1-3H3. The normalized spacial score (nSPS) is 15.4. The zero-order valence-electron chi connectivity index (χ0n) is 17.6. The van der Waals surface area contributed by atoms with Crippen molar-refractivity contribution in [2.45, 2.75) is 26.8 Å². The number of fused-ring (bicyclic) bond motifs is 2. The van der Waals surface area contributed by atoms with Crippen LogP contribution in [0, 0.1) is 19.7 Å². The Morgan fingerprint density at radius 1 is 1.16 bits per heavy atom. The summed E-state index contributed by atoms with van der Waals surface area (Å²) in [6.07, 6.45) is 0. The second-order valence-electron chi connectivity index (χ2n) is 7.53. The zero-order valence-corrected chi connectivity index (χ0v) is 18.5. The average Bonchev–Trinajstić information content (AvgIpc) is 3.25. The Labute approximate surface area is 186 Å². The summed E-state index contributed by atoms with van der Waals surface area (Å²) >= 11 is 1.36. The molecule has 0 aliphatic carbocycles. The van der Waals surface area contributed by atoms with Gasteiger partial charge in [-0.25, -0.2) is 9.37 Å². The van der Waals surface area contributed by atoms with Gasteiger partial charge in [0, 0.05) is 10.9 Å². The van der Waals surface area contributed by atoms with Gasteiger partial charge in [0.05, 0.1) is 29.3 Å². The molecule has 5 rings (SSSR count). The van der Waals surface area contributed by atoms with E-state index in [2.05, 4.69) is 4.98 Å². The van der Waals surface area contributed by atoms with Gasteiger partial charge in [0.25, 0.3) is 5.91 Å². The number of hydrogen-bond donors (Lipinski definition) is 0. The molecule has 2 aromatic carbocycles. The Balaban J connectivity index is 1.77. The number of aryl methyl sites for hydroxylation is 2. The topological polar surface area (TPSA) is 72.6 Å². The first kappa shape index (κ1) is 20.4. The van der Waals surface area contributed by atoms with Crippen LogP contribution in [0.15, 0.2) is 51.7 Å². The first-order valence-corrected chi connectivity index (χ1v) is 11.0. The number of carbonyl (C=O) groups excluding carboxylic acids is 1. The number of nitrogens with zero attached hydrogens (tertiary/aromatic N) is 2. The van der Waals surface area contributed by atoms with Gasteiger partial charge < -0.3 is 9.15 Å². The Kier molecular flexibility index (Phi) is 4.82. The number of benzene rings is 2. The van der Waals surface area contributed by atoms with Crippen molar-refractivity contribution >= 4 is 33.3 Å². The summed E-state index contributed by atoms with van der Waals surface area (Å²) in [6, 6.07) is 9.95. The number of halogens is 1. The zero-order chi connectivity index (χ0) is 22.6. The van der Waals surface area contributed by atoms with Crippen LogP contribution in [0.2, 0.25) is 0 Å². The summed E-state index contributed by atoms with van der Waals surface area (Å²) in [4.78, 5) is 34.1. The number of thiazole rings is 1. The molecule has 32 heavy (non-hydrogen) atoms. The van der Waals surface area contributed by atoms with Gasteiger partial charge in [-0.15, -0.1) is 11.3 Å². The summed E-state index contributed by atoms with van der Waals surface area (Å²) in [7, 11) is 0. The minimum atomic E-state index is -0.768. The Hall–Kier alpha value is -3.52. The maximum Gasteiger partial charge on any atom is 0.297 e. The second kappa shape index (κ2) is 7.56. The molecule has 0 fully saturated rings. The lowest BCUT2D eigenvalue weighted by Gasteiger charge is -2.22. The van der Waals surface area contributed by atoms with E-state index in [0.717, 1.165) is 10.6 Å². The van der Waals surface area contributed by atoms with Crippen LogP contribution in [0.5, 0.6) is 5.75 Å². The molecule has 1 amide bonds. The largest absolute Gasteiger partial charge is 0.494 e. The number of amides is 1. The molecule has 1 atom stereocenters. The van der Waals surface area contributed by atoms with Crippen molar-refractivity contribution in [3.63, 3.8) is 0 Å². The van der Waals surface area contributed by atoms with E-state index in [0.29, 0.717) is 28.4 Å². The van der Waals surface area contributed by atoms with Crippen LogP contribution >= 0.6 is 11.3 Å². The van der Waals surface area contributed by atoms with E-state index in [1.165, 1.54) is 28.4 Å². The minimum Gasteiger partial charge on any atom is -0.494 e. The fourth-order valence-corrected chi connectivity index (χ4v) is 4.86. The molecule has 0 radical (unpaired) electrons. The molecule has 2 aromatic heterocycles. The summed E-state index contributed by atoms with van der Waals surface area (Å²) < 4.78 is 25.1. The summed E-state index contributed by atoms with van der Waals surface area (Å²) in [5, 5.41) is 0.810. The van der Waals surface area contributed by atoms with Gasteiger partial charge in [0.1, 0.15) is 17.1 Å². The quantitative estimate of drug-likeness (QED) is 0.430. The van der Waals surface area contributed by atoms with Gasteiger partial charge >= 0.3 is 0 Å². The molecule has 1 unspecified atom stereocenters. The summed E-state index contributed by atoms with van der Waals surface area (Å²) in [6.45, 7) is 6.10. The molecule has 8 heteroatoms. The minimum absolute atomic E-state index is 0.0315. The van der Waals surface area contributed by atoms with Crippen molar-refractivity contribution in [1.82, 2.24) is 4.98 Å². The molecule has 0 N–H and O–H groups in total. The maximum atomic E-state index is 13.6. The number of rotatable bonds is 4. The van der Waals surface area contributed by atoms with E-state index in [4.69, 9.17) is 9.15 Å². The molecule has 0 saturated heterocycles. The molecule has 3 heterocycles. The highest BCUT2D eigenvalue weighted by atomic mass is 32.1. The number of aromatic nitrogens is 1. The number of hydrogen-bond acceptors (Lipinski definition) is 6. The molecular formula is C24H19FN2O4S. The van der Waals surface area contributed by atoms with E-state index in [9.17, 15) is 14.0 Å². The Morgan fingerprint density at radius 2 is 1.91 bits per heavy atom. The van der Waals surface area contributed by atoms with E-state index in [1.807, 2.05) is 20.8 Å². The lowest BCUT2D eigenvalue weighted by molar-refractivity contribution is 0.0971. The molecule has 0 bridgehead atoms. The molecule has 1 aliphatic heterocycles. The van der Waals surface area contributed by atoms with Crippen LogP contribution in [-0.2, 0) is 0 Å². The molecule has 0 spiro atoms. The third-order valence-electron chi connectivity index (χ3n) is 5.56. The van der Waals surface area contributed by atoms with Crippen molar-refractivity contribution < 1.29 is 18.3 Å². The average molecular weight is 450 g/mol. The predicted octanol–water partition coefficient (Wildman–Crippen LogP) is 5.15. The van der Waals surface area contributed by atoms with Crippen LogP contribution in [-0.4, -0.2) is 17.5 Å². The van der Waals surface area contributed by atoms with Gasteiger partial charge in [-0.2, -0.15) is 0 Å². The number of ether oxygens (including phenoxy) is 1. The van der Waals surface area contributed by atoms with E-state index in [1.54, 1.807) is 30.3 Å². The van der Waals surface area contributed by atoms with Crippen molar-refractivity contribution in [2.24, 2.45) is 0 Å². The highest BCUT2D eigenvalue weighted by molar-refractivity contribution is 7.15. The molecule has 6 nitrogen and oxygen atoms in total. The van der Waals surface area contributed by atoms with Gasteiger partial charge in [-0.3, -0.25) is 14.5 Å². The van der Waals surface area contributed by atoms with E-state index < -0.39 is 17.8 Å². The highest BCUT2D eigenvalue weighted by Gasteiger charge is 2.45. The lowest BCUT2D eigenvalue weighted by atomic mass is 9.98. The molecular weight excluding hydrogens is 431 g/mol. The van der Waals surface area contributed by atoms with Crippen LogP contribution in [0.4, 0.5) is 9.52 Å². The summed E-state index contributed by atoms with van der Waals surface area (Å²) in [5.41, 5.74) is 1.60. The third kappa shape index (κ3) is 3.10. The predicted molar refractivity (Wildman–Crippen MR) is 120 cm³/mol. The van der Waals surface area contributed by atoms with Crippen molar-refractivity contribution in [3.8, 4) is 5.75 Å². The fourth-order valence-electron chi connectivity index (χ4n) is 3.92. The van der Waals surface area contributed by atoms with Gasteiger partial charge in [0.2, 0.25) is 5.76 Å².